The lowest BCUT2D eigenvalue weighted by molar-refractivity contribution is -0.136. The van der Waals surface area contributed by atoms with Gasteiger partial charge < -0.3 is 15.1 Å². The van der Waals surface area contributed by atoms with Crippen LogP contribution in [0.1, 0.15) is 26.7 Å². The quantitative estimate of drug-likeness (QED) is 0.900. The molecule has 6 heteroatoms. The van der Waals surface area contributed by atoms with Crippen molar-refractivity contribution in [3.05, 3.63) is 18.3 Å². The van der Waals surface area contributed by atoms with Gasteiger partial charge in [0.05, 0.1) is 11.9 Å². The van der Waals surface area contributed by atoms with Gasteiger partial charge in [-0.1, -0.05) is 13.8 Å². The van der Waals surface area contributed by atoms with Gasteiger partial charge in [0.2, 0.25) is 11.8 Å². The maximum absolute atomic E-state index is 12.6. The van der Waals surface area contributed by atoms with Gasteiger partial charge in [0.15, 0.2) is 0 Å². The molecule has 6 nitrogen and oxygen atoms in total. The van der Waals surface area contributed by atoms with E-state index in [4.69, 9.17) is 0 Å². The highest BCUT2D eigenvalue weighted by atomic mass is 16.2. The second-order valence-electron chi connectivity index (χ2n) is 6.16. The molecule has 0 radical (unpaired) electrons. The zero-order valence-electron chi connectivity index (χ0n) is 13.7. The SMILES string of the molecule is CC(C)[C@@H](C(=O)Nc1ccc(N(C)C)cn1)N1CCCC1=O. The van der Waals surface area contributed by atoms with E-state index in [1.807, 2.05) is 38.9 Å². The summed E-state index contributed by atoms with van der Waals surface area (Å²) in [4.78, 5) is 32.4. The van der Waals surface area contributed by atoms with Crippen molar-refractivity contribution in [1.82, 2.24) is 9.88 Å². The Kier molecular flexibility index (Phi) is 5.00. The zero-order valence-corrected chi connectivity index (χ0v) is 13.7. The van der Waals surface area contributed by atoms with E-state index in [1.165, 1.54) is 0 Å². The summed E-state index contributed by atoms with van der Waals surface area (Å²) in [5, 5.41) is 2.82. The smallest absolute Gasteiger partial charge is 0.248 e. The molecule has 1 aliphatic rings. The van der Waals surface area contributed by atoms with Crippen molar-refractivity contribution in [2.24, 2.45) is 5.92 Å². The van der Waals surface area contributed by atoms with Crippen LogP contribution in [0.25, 0.3) is 0 Å². The molecule has 1 aromatic rings. The first-order valence-electron chi connectivity index (χ1n) is 7.64. The van der Waals surface area contributed by atoms with E-state index in [2.05, 4.69) is 10.3 Å². The fourth-order valence-electron chi connectivity index (χ4n) is 2.69. The summed E-state index contributed by atoms with van der Waals surface area (Å²) in [7, 11) is 3.87. The lowest BCUT2D eigenvalue weighted by atomic mass is 10.0. The minimum absolute atomic E-state index is 0.0584. The van der Waals surface area contributed by atoms with E-state index < -0.39 is 6.04 Å². The fourth-order valence-corrected chi connectivity index (χ4v) is 2.69. The molecule has 2 amide bonds. The first-order chi connectivity index (χ1) is 10.4. The number of rotatable bonds is 5. The summed E-state index contributed by atoms with van der Waals surface area (Å²) in [5.41, 5.74) is 0.966. The minimum Gasteiger partial charge on any atom is -0.376 e. The molecular formula is C16H24N4O2. The lowest BCUT2D eigenvalue weighted by Crippen LogP contribution is -2.48. The number of amides is 2. The number of pyridine rings is 1. The Hall–Kier alpha value is -2.11. The summed E-state index contributed by atoms with van der Waals surface area (Å²) >= 11 is 0. The van der Waals surface area contributed by atoms with Gasteiger partial charge in [0.1, 0.15) is 11.9 Å². The van der Waals surface area contributed by atoms with E-state index in [-0.39, 0.29) is 17.7 Å². The first-order valence-corrected chi connectivity index (χ1v) is 7.64. The van der Waals surface area contributed by atoms with E-state index in [9.17, 15) is 9.59 Å². The molecule has 0 aromatic carbocycles. The van der Waals surface area contributed by atoms with E-state index in [0.29, 0.717) is 18.8 Å². The van der Waals surface area contributed by atoms with Crippen LogP contribution < -0.4 is 10.2 Å². The molecule has 0 saturated carbocycles. The average Bonchev–Trinajstić information content (AvgIpc) is 2.85. The summed E-state index contributed by atoms with van der Waals surface area (Å²) in [6.45, 7) is 4.57. The summed E-state index contributed by atoms with van der Waals surface area (Å²) in [5.74, 6) is 0.455. The third-order valence-corrected chi connectivity index (χ3v) is 3.86. The Bertz CT molecular complexity index is 540. The highest BCUT2D eigenvalue weighted by molar-refractivity contribution is 5.97. The topological polar surface area (TPSA) is 65.5 Å². The maximum Gasteiger partial charge on any atom is 0.248 e. The number of hydrogen-bond donors (Lipinski definition) is 1. The van der Waals surface area contributed by atoms with Gasteiger partial charge in [-0.15, -0.1) is 0 Å². The van der Waals surface area contributed by atoms with Crippen LogP contribution >= 0.6 is 0 Å². The Morgan fingerprint density at radius 1 is 1.36 bits per heavy atom. The molecule has 0 unspecified atom stereocenters. The van der Waals surface area contributed by atoms with Gasteiger partial charge in [-0.25, -0.2) is 4.98 Å². The average molecular weight is 304 g/mol. The predicted octanol–water partition coefficient (Wildman–Crippen LogP) is 1.73. The number of aromatic nitrogens is 1. The molecule has 2 rings (SSSR count). The fraction of sp³-hybridized carbons (Fsp3) is 0.562. The molecule has 22 heavy (non-hydrogen) atoms. The van der Waals surface area contributed by atoms with Crippen LogP contribution in [0.15, 0.2) is 18.3 Å². The van der Waals surface area contributed by atoms with Crippen molar-refractivity contribution in [3.8, 4) is 0 Å². The summed E-state index contributed by atoms with van der Waals surface area (Å²) < 4.78 is 0. The van der Waals surface area contributed by atoms with Crippen molar-refractivity contribution in [1.29, 1.82) is 0 Å². The molecule has 120 valence electrons. The van der Waals surface area contributed by atoms with Crippen molar-refractivity contribution in [3.63, 3.8) is 0 Å². The second-order valence-corrected chi connectivity index (χ2v) is 6.16. The van der Waals surface area contributed by atoms with Crippen LogP contribution in [-0.2, 0) is 9.59 Å². The Morgan fingerprint density at radius 2 is 2.09 bits per heavy atom. The number of nitrogens with one attached hydrogen (secondary N) is 1. The molecule has 1 N–H and O–H groups in total. The number of carbonyl (C=O) groups excluding carboxylic acids is 2. The highest BCUT2D eigenvalue weighted by Crippen LogP contribution is 2.21. The number of anilines is 2. The third kappa shape index (κ3) is 3.55. The zero-order chi connectivity index (χ0) is 16.3. The van der Waals surface area contributed by atoms with E-state index >= 15 is 0 Å². The number of carbonyl (C=O) groups is 2. The standard InChI is InChI=1S/C16H24N4O2/c1-11(2)15(20-9-5-6-14(20)21)16(22)18-13-8-7-12(10-17-13)19(3)4/h7-8,10-11,15H,5-6,9H2,1-4H3,(H,17,18,22)/t15-/m0/s1. The molecule has 2 heterocycles. The van der Waals surface area contributed by atoms with Gasteiger partial charge in [0, 0.05) is 27.1 Å². The molecule has 0 aliphatic carbocycles. The summed E-state index contributed by atoms with van der Waals surface area (Å²) in [6, 6.07) is 3.23. The summed E-state index contributed by atoms with van der Waals surface area (Å²) in [6.07, 6.45) is 3.07. The molecule has 0 spiro atoms. The van der Waals surface area contributed by atoms with Crippen LogP contribution in [0.4, 0.5) is 11.5 Å². The van der Waals surface area contributed by atoms with Crippen molar-refractivity contribution in [2.45, 2.75) is 32.7 Å². The van der Waals surface area contributed by atoms with Gasteiger partial charge in [-0.3, -0.25) is 9.59 Å². The molecule has 1 aliphatic heterocycles. The van der Waals surface area contributed by atoms with Crippen molar-refractivity contribution >= 4 is 23.3 Å². The largest absolute Gasteiger partial charge is 0.376 e. The Morgan fingerprint density at radius 3 is 2.55 bits per heavy atom. The molecular weight excluding hydrogens is 280 g/mol. The molecule has 0 bridgehead atoms. The molecule has 1 aromatic heterocycles. The monoisotopic (exact) mass is 304 g/mol. The van der Waals surface area contributed by atoms with E-state index in [1.54, 1.807) is 17.2 Å². The van der Waals surface area contributed by atoms with Crippen LogP contribution in [0.2, 0.25) is 0 Å². The molecule has 1 atom stereocenters. The predicted molar refractivity (Wildman–Crippen MR) is 86.8 cm³/mol. The Balaban J connectivity index is 2.09. The minimum atomic E-state index is -0.440. The van der Waals surface area contributed by atoms with Crippen LogP contribution in [-0.4, -0.2) is 48.4 Å². The molecule has 1 saturated heterocycles. The highest BCUT2D eigenvalue weighted by Gasteiger charge is 2.34. The van der Waals surface area contributed by atoms with Crippen molar-refractivity contribution < 1.29 is 9.59 Å². The van der Waals surface area contributed by atoms with Gasteiger partial charge in [-0.05, 0) is 24.5 Å². The van der Waals surface area contributed by atoms with Crippen LogP contribution in [0.3, 0.4) is 0 Å². The van der Waals surface area contributed by atoms with Crippen molar-refractivity contribution in [2.75, 3.05) is 30.9 Å². The van der Waals surface area contributed by atoms with E-state index in [0.717, 1.165) is 12.1 Å². The van der Waals surface area contributed by atoms with Gasteiger partial charge in [0.25, 0.3) is 0 Å². The Labute approximate surface area is 131 Å². The number of likely N-dealkylation sites (tertiary alicyclic amines) is 1. The number of hydrogen-bond acceptors (Lipinski definition) is 4. The van der Waals surface area contributed by atoms with Gasteiger partial charge in [-0.2, -0.15) is 0 Å². The first kappa shape index (κ1) is 16.3. The second kappa shape index (κ2) is 6.77. The van der Waals surface area contributed by atoms with Gasteiger partial charge >= 0.3 is 0 Å². The molecule has 1 fully saturated rings. The van der Waals surface area contributed by atoms with Crippen LogP contribution in [0.5, 0.6) is 0 Å². The number of nitrogens with zero attached hydrogens (tertiary/aromatic N) is 3. The lowest BCUT2D eigenvalue weighted by Gasteiger charge is -2.29. The normalized spacial score (nSPS) is 16.0. The van der Waals surface area contributed by atoms with Crippen LogP contribution in [0, 0.1) is 5.92 Å². The maximum atomic E-state index is 12.6. The third-order valence-electron chi connectivity index (χ3n) is 3.86.